The van der Waals surface area contributed by atoms with Gasteiger partial charge in [-0.25, -0.2) is 0 Å². The van der Waals surface area contributed by atoms with Crippen molar-refractivity contribution in [3.05, 3.63) is 59.7 Å². The van der Waals surface area contributed by atoms with Gasteiger partial charge in [0.15, 0.2) is 0 Å². The Morgan fingerprint density at radius 2 is 1.25 bits per heavy atom. The van der Waals surface area contributed by atoms with Crippen LogP contribution in [0.25, 0.3) is 0 Å². The van der Waals surface area contributed by atoms with E-state index in [1.165, 1.54) is 21.7 Å². The Morgan fingerprint density at radius 3 is 1.62 bits per heavy atom. The fraction of sp³-hybridized carbons (Fsp3) is 0.143. The molecule has 0 radical (unpaired) electrons. The molecule has 0 unspecified atom stereocenters. The average Bonchev–Trinajstić information content (AvgIpc) is 2.17. The fourth-order valence-electron chi connectivity index (χ4n) is 1.61. The second kappa shape index (κ2) is 5.79. The van der Waals surface area contributed by atoms with Crippen molar-refractivity contribution in [3.63, 3.8) is 0 Å². The van der Waals surface area contributed by atoms with Gasteiger partial charge in [0.25, 0.3) is 0 Å². The van der Waals surface area contributed by atoms with E-state index in [1.54, 1.807) is 0 Å². The summed E-state index contributed by atoms with van der Waals surface area (Å²) >= 11 is 0. The molecule has 0 fully saturated rings. The lowest BCUT2D eigenvalue weighted by atomic mass is 10.2. The molecule has 0 spiro atoms. The first-order chi connectivity index (χ1) is 7.24. The van der Waals surface area contributed by atoms with E-state index < -0.39 is 0 Å². The minimum absolute atomic E-state index is 0. The molecule has 2 N–H and O–H groups in total. The molecule has 86 valence electrons. The van der Waals surface area contributed by atoms with E-state index in [0.717, 1.165) is 8.58 Å². The van der Waals surface area contributed by atoms with Gasteiger partial charge < -0.3 is 5.48 Å². The Bertz CT molecular complexity index is 428. The third-order valence-electron chi connectivity index (χ3n) is 2.32. The van der Waals surface area contributed by atoms with E-state index >= 15 is 0 Å². The van der Waals surface area contributed by atoms with Gasteiger partial charge in [-0.1, -0.05) is 68.2 Å². The molecule has 0 aliphatic rings. The van der Waals surface area contributed by atoms with E-state index in [9.17, 15) is 0 Å². The largest absolute Gasteiger partial charge is 0.412 e. The van der Waals surface area contributed by atoms with Gasteiger partial charge in [-0.3, -0.25) is 0 Å². The first kappa shape index (κ1) is 12.9. The van der Waals surface area contributed by atoms with Crippen molar-refractivity contribution in [1.29, 1.82) is 0 Å². The normalized spacial score (nSPS) is 9.62. The molecule has 2 aromatic carbocycles. The van der Waals surface area contributed by atoms with E-state index in [-0.39, 0.29) is 6.90 Å². The SMILES string of the molecule is Cc1cccc(Pc2cccc(C)c2)c1.O.[HH]. The zero-order valence-electron chi connectivity index (χ0n) is 9.62. The van der Waals surface area contributed by atoms with Crippen LogP contribution in [0.15, 0.2) is 48.5 Å². The molecule has 0 aliphatic carbocycles. The molecular formula is C14H19OP. The van der Waals surface area contributed by atoms with Gasteiger partial charge in [0, 0.05) is 1.43 Å². The molecule has 0 heterocycles. The molecular weight excluding hydrogens is 215 g/mol. The van der Waals surface area contributed by atoms with Crippen molar-refractivity contribution in [1.82, 2.24) is 0 Å². The third kappa shape index (κ3) is 3.44. The van der Waals surface area contributed by atoms with Crippen molar-refractivity contribution in [3.8, 4) is 0 Å². The smallest absolute Gasteiger partial charge is 0 e. The molecule has 2 rings (SSSR count). The molecule has 16 heavy (non-hydrogen) atoms. The van der Waals surface area contributed by atoms with Crippen LogP contribution in [0.4, 0.5) is 0 Å². The topological polar surface area (TPSA) is 31.5 Å². The van der Waals surface area contributed by atoms with Crippen LogP contribution in [0.5, 0.6) is 0 Å². The molecule has 2 heteroatoms. The zero-order valence-corrected chi connectivity index (χ0v) is 10.6. The maximum absolute atomic E-state index is 2.26. The Morgan fingerprint density at radius 1 is 0.812 bits per heavy atom. The quantitative estimate of drug-likeness (QED) is 0.714. The summed E-state index contributed by atoms with van der Waals surface area (Å²) in [6.45, 7) is 4.29. The van der Waals surface area contributed by atoms with Gasteiger partial charge in [0.2, 0.25) is 0 Å². The second-order valence-corrected chi connectivity index (χ2v) is 5.27. The zero-order chi connectivity index (χ0) is 10.7. The highest BCUT2D eigenvalue weighted by molar-refractivity contribution is 7.55. The molecule has 0 aromatic heterocycles. The molecule has 2 aromatic rings. The van der Waals surface area contributed by atoms with Crippen LogP contribution in [0.3, 0.4) is 0 Å². The summed E-state index contributed by atoms with van der Waals surface area (Å²) in [5, 5.41) is 2.83. The van der Waals surface area contributed by atoms with Gasteiger partial charge in [-0.15, -0.1) is 0 Å². The minimum Gasteiger partial charge on any atom is -0.412 e. The van der Waals surface area contributed by atoms with Crippen molar-refractivity contribution in [2.45, 2.75) is 13.8 Å². The van der Waals surface area contributed by atoms with Crippen LogP contribution in [-0.4, -0.2) is 5.48 Å². The van der Waals surface area contributed by atoms with Gasteiger partial charge in [-0.05, 0) is 24.5 Å². The lowest BCUT2D eigenvalue weighted by molar-refractivity contribution is 0.824. The van der Waals surface area contributed by atoms with Crippen LogP contribution in [0.1, 0.15) is 12.6 Å². The van der Waals surface area contributed by atoms with E-state index in [4.69, 9.17) is 0 Å². The van der Waals surface area contributed by atoms with Crippen LogP contribution in [0.2, 0.25) is 0 Å². The second-order valence-electron chi connectivity index (χ2n) is 3.86. The van der Waals surface area contributed by atoms with E-state index in [0.29, 0.717) is 0 Å². The monoisotopic (exact) mass is 234 g/mol. The standard InChI is InChI=1S/C14H15P.H2O.H2/c1-11-5-3-7-13(9-11)15-14-8-4-6-12(2)10-14;;/h3-10,15H,1-2H3;1H2;1H. The van der Waals surface area contributed by atoms with Gasteiger partial charge in [0.05, 0.1) is 0 Å². The average molecular weight is 234 g/mol. The Hall–Kier alpha value is -1.17. The van der Waals surface area contributed by atoms with Crippen LogP contribution in [0, 0.1) is 13.8 Å². The van der Waals surface area contributed by atoms with Gasteiger partial charge >= 0.3 is 0 Å². The minimum atomic E-state index is 0. The van der Waals surface area contributed by atoms with Gasteiger partial charge in [0.1, 0.15) is 0 Å². The summed E-state index contributed by atoms with van der Waals surface area (Å²) in [5.41, 5.74) is 2.68. The number of rotatable bonds is 2. The Labute approximate surface area is 100 Å². The number of hydrogen-bond donors (Lipinski definition) is 0. The van der Waals surface area contributed by atoms with E-state index in [1.807, 2.05) is 0 Å². The summed E-state index contributed by atoms with van der Waals surface area (Å²) in [6, 6.07) is 17.5. The number of hydrogen-bond acceptors (Lipinski definition) is 0. The molecule has 0 amide bonds. The van der Waals surface area contributed by atoms with Gasteiger partial charge in [-0.2, -0.15) is 0 Å². The summed E-state index contributed by atoms with van der Waals surface area (Å²) < 4.78 is 0. The molecule has 0 aliphatic heterocycles. The molecule has 1 nitrogen and oxygen atoms in total. The predicted octanol–water partition coefficient (Wildman–Crippen LogP) is 2.35. The third-order valence-corrected chi connectivity index (χ3v) is 3.52. The maximum Gasteiger partial charge on any atom is 0 e. The van der Waals surface area contributed by atoms with Crippen LogP contribution < -0.4 is 10.6 Å². The summed E-state index contributed by atoms with van der Waals surface area (Å²) in [7, 11) is 0.770. The highest BCUT2D eigenvalue weighted by Crippen LogP contribution is 2.12. The lowest BCUT2D eigenvalue weighted by Crippen LogP contribution is -2.03. The number of aryl methyl sites for hydroxylation is 2. The summed E-state index contributed by atoms with van der Waals surface area (Å²) in [6.07, 6.45) is 0. The summed E-state index contributed by atoms with van der Waals surface area (Å²) in [5.74, 6) is 0. The predicted molar refractivity (Wildman–Crippen MR) is 75.7 cm³/mol. The van der Waals surface area contributed by atoms with Crippen molar-refractivity contribution >= 4 is 19.2 Å². The van der Waals surface area contributed by atoms with Crippen molar-refractivity contribution < 1.29 is 6.90 Å². The first-order valence-corrected chi connectivity index (χ1v) is 6.14. The molecule has 0 atom stereocenters. The highest BCUT2D eigenvalue weighted by Gasteiger charge is 1.96. The van der Waals surface area contributed by atoms with Crippen LogP contribution in [-0.2, 0) is 0 Å². The molecule has 0 saturated heterocycles. The fourth-order valence-corrected chi connectivity index (χ4v) is 2.90. The Kier molecular flexibility index (Phi) is 4.67. The number of benzene rings is 2. The maximum atomic E-state index is 2.26. The lowest BCUT2D eigenvalue weighted by Gasteiger charge is -2.04. The van der Waals surface area contributed by atoms with Crippen molar-refractivity contribution in [2.75, 3.05) is 0 Å². The molecule has 0 bridgehead atoms. The van der Waals surface area contributed by atoms with Crippen molar-refractivity contribution in [2.24, 2.45) is 0 Å². The first-order valence-electron chi connectivity index (χ1n) is 5.14. The summed E-state index contributed by atoms with van der Waals surface area (Å²) in [4.78, 5) is 0. The van der Waals surface area contributed by atoms with Crippen LogP contribution >= 0.6 is 8.58 Å². The molecule has 0 saturated carbocycles. The highest BCUT2D eigenvalue weighted by atomic mass is 31.1. The Balaban J connectivity index is 0.00000128. The van der Waals surface area contributed by atoms with E-state index in [2.05, 4.69) is 62.4 Å².